The quantitative estimate of drug-likeness (QED) is 0.629. The Balaban J connectivity index is 2.63. The van der Waals surface area contributed by atoms with Crippen molar-refractivity contribution in [1.29, 1.82) is 5.26 Å². The van der Waals surface area contributed by atoms with E-state index in [0.29, 0.717) is 0 Å². The molecule has 0 spiro atoms. The van der Waals surface area contributed by atoms with Crippen molar-refractivity contribution < 1.29 is 8.78 Å². The Morgan fingerprint density at radius 3 is 2.25 bits per heavy atom. The molecule has 0 bridgehead atoms. The lowest BCUT2D eigenvalue weighted by Gasteiger charge is -2.22. The molecule has 1 aliphatic rings. The van der Waals surface area contributed by atoms with Gasteiger partial charge in [0.1, 0.15) is 5.92 Å². The third-order valence-electron chi connectivity index (χ3n) is 2.56. The number of hydrogen-bond acceptors (Lipinski definition) is 1. The molecule has 1 rings (SSSR count). The molecule has 0 heterocycles. The molecule has 0 aliphatic heterocycles. The maximum atomic E-state index is 12.8. The molecule has 12 heavy (non-hydrogen) atoms. The van der Waals surface area contributed by atoms with Crippen molar-refractivity contribution >= 4 is 0 Å². The highest BCUT2D eigenvalue weighted by Gasteiger charge is 2.40. The molecule has 3 heteroatoms. The van der Waals surface area contributed by atoms with Gasteiger partial charge in [0.15, 0.2) is 0 Å². The number of halogens is 2. The Labute approximate surface area is 71.4 Å². The lowest BCUT2D eigenvalue weighted by Crippen LogP contribution is -2.28. The van der Waals surface area contributed by atoms with E-state index in [1.807, 2.05) is 0 Å². The minimum absolute atomic E-state index is 0.0741. The van der Waals surface area contributed by atoms with Crippen LogP contribution in [-0.2, 0) is 0 Å². The molecule has 0 amide bonds. The van der Waals surface area contributed by atoms with Crippen molar-refractivity contribution in [3.8, 4) is 6.07 Å². The fourth-order valence-corrected chi connectivity index (χ4v) is 1.92. The Morgan fingerprint density at radius 2 is 1.92 bits per heavy atom. The van der Waals surface area contributed by atoms with Gasteiger partial charge in [-0.05, 0) is 18.8 Å². The molecule has 1 saturated carbocycles. The van der Waals surface area contributed by atoms with E-state index in [4.69, 9.17) is 5.26 Å². The molecule has 1 unspecified atom stereocenters. The van der Waals surface area contributed by atoms with Crippen LogP contribution >= 0.6 is 0 Å². The largest absolute Gasteiger partial charge is 0.261 e. The first-order valence-corrected chi connectivity index (χ1v) is 4.33. The van der Waals surface area contributed by atoms with Crippen LogP contribution in [0.25, 0.3) is 0 Å². The van der Waals surface area contributed by atoms with Gasteiger partial charge in [0, 0.05) is 6.92 Å². The van der Waals surface area contributed by atoms with Crippen LogP contribution in [0, 0.1) is 23.2 Å². The van der Waals surface area contributed by atoms with E-state index in [1.54, 1.807) is 6.07 Å². The second-order valence-electron chi connectivity index (χ2n) is 3.61. The van der Waals surface area contributed by atoms with Crippen LogP contribution in [0.1, 0.15) is 32.6 Å². The summed E-state index contributed by atoms with van der Waals surface area (Å²) in [6.45, 7) is 0.846. The number of hydrogen-bond donors (Lipinski definition) is 0. The van der Waals surface area contributed by atoms with Gasteiger partial charge in [-0.15, -0.1) is 0 Å². The van der Waals surface area contributed by atoms with Crippen molar-refractivity contribution in [3.05, 3.63) is 0 Å². The summed E-state index contributed by atoms with van der Waals surface area (Å²) < 4.78 is 25.6. The second-order valence-corrected chi connectivity index (χ2v) is 3.61. The summed E-state index contributed by atoms with van der Waals surface area (Å²) in [5, 5.41) is 8.59. The molecule has 0 N–H and O–H groups in total. The van der Waals surface area contributed by atoms with E-state index < -0.39 is 11.8 Å². The molecular formula is C9H13F2N. The smallest absolute Gasteiger partial charge is 0.206 e. The van der Waals surface area contributed by atoms with Gasteiger partial charge in [-0.1, -0.05) is 12.8 Å². The topological polar surface area (TPSA) is 23.8 Å². The average Bonchev–Trinajstić information content (AvgIpc) is 2.38. The van der Waals surface area contributed by atoms with Crippen LogP contribution in [0.2, 0.25) is 0 Å². The lowest BCUT2D eigenvalue weighted by atomic mass is 9.87. The van der Waals surface area contributed by atoms with Crippen LogP contribution in [0.15, 0.2) is 0 Å². The van der Waals surface area contributed by atoms with Crippen molar-refractivity contribution in [3.63, 3.8) is 0 Å². The van der Waals surface area contributed by atoms with Gasteiger partial charge in [-0.3, -0.25) is 0 Å². The van der Waals surface area contributed by atoms with Crippen LogP contribution in [0.3, 0.4) is 0 Å². The summed E-state index contributed by atoms with van der Waals surface area (Å²) >= 11 is 0. The minimum Gasteiger partial charge on any atom is -0.206 e. The highest BCUT2D eigenvalue weighted by molar-refractivity contribution is 4.96. The maximum Gasteiger partial charge on any atom is 0.261 e. The van der Waals surface area contributed by atoms with Crippen molar-refractivity contribution in [2.75, 3.05) is 0 Å². The van der Waals surface area contributed by atoms with Crippen LogP contribution < -0.4 is 0 Å². The van der Waals surface area contributed by atoms with Gasteiger partial charge in [0.25, 0.3) is 5.92 Å². The number of alkyl halides is 2. The first-order chi connectivity index (χ1) is 5.55. The van der Waals surface area contributed by atoms with E-state index in [9.17, 15) is 8.78 Å². The zero-order valence-electron chi connectivity index (χ0n) is 7.19. The molecule has 0 aromatic rings. The summed E-state index contributed by atoms with van der Waals surface area (Å²) in [4.78, 5) is 0. The Hall–Kier alpha value is -0.650. The van der Waals surface area contributed by atoms with Gasteiger partial charge in [-0.25, -0.2) is 8.78 Å². The van der Waals surface area contributed by atoms with Gasteiger partial charge in [0.2, 0.25) is 0 Å². The number of nitriles is 1. The molecule has 0 aromatic heterocycles. The maximum absolute atomic E-state index is 12.8. The predicted octanol–water partition coefficient (Wildman–Crippen LogP) is 2.97. The Morgan fingerprint density at radius 1 is 1.42 bits per heavy atom. The molecule has 0 radical (unpaired) electrons. The second kappa shape index (κ2) is 3.38. The van der Waals surface area contributed by atoms with Gasteiger partial charge in [0.05, 0.1) is 6.07 Å². The van der Waals surface area contributed by atoms with E-state index >= 15 is 0 Å². The first kappa shape index (κ1) is 9.44. The van der Waals surface area contributed by atoms with Gasteiger partial charge in [-0.2, -0.15) is 5.26 Å². The molecule has 1 aliphatic carbocycles. The van der Waals surface area contributed by atoms with Crippen LogP contribution in [-0.4, -0.2) is 5.92 Å². The summed E-state index contributed by atoms with van der Waals surface area (Å²) in [6.07, 6.45) is 3.58. The molecule has 0 aromatic carbocycles. The molecule has 1 nitrogen and oxygen atoms in total. The fraction of sp³-hybridized carbons (Fsp3) is 0.889. The average molecular weight is 173 g/mol. The minimum atomic E-state index is -2.83. The zero-order chi connectivity index (χ0) is 9.19. The third kappa shape index (κ3) is 1.94. The highest BCUT2D eigenvalue weighted by atomic mass is 19.3. The molecule has 68 valence electrons. The van der Waals surface area contributed by atoms with E-state index in [0.717, 1.165) is 32.6 Å². The summed E-state index contributed by atoms with van der Waals surface area (Å²) in [6, 6.07) is 1.73. The van der Waals surface area contributed by atoms with E-state index in [1.165, 1.54) is 0 Å². The van der Waals surface area contributed by atoms with Crippen LogP contribution in [0.4, 0.5) is 8.78 Å². The molecule has 0 saturated heterocycles. The Bertz CT molecular complexity index is 184. The summed E-state index contributed by atoms with van der Waals surface area (Å²) in [7, 11) is 0. The SMILES string of the molecule is CC(F)(F)C(C#N)C1CCCC1. The fourth-order valence-electron chi connectivity index (χ4n) is 1.92. The summed E-state index contributed by atoms with van der Waals surface area (Å²) in [5.41, 5.74) is 0. The van der Waals surface area contributed by atoms with Crippen molar-refractivity contribution in [2.24, 2.45) is 11.8 Å². The standard InChI is InChI=1S/C9H13F2N/c1-9(10,11)8(6-12)7-4-2-3-5-7/h7-8H,2-5H2,1H3. The van der Waals surface area contributed by atoms with E-state index in [2.05, 4.69) is 0 Å². The van der Waals surface area contributed by atoms with Gasteiger partial charge >= 0.3 is 0 Å². The number of rotatable bonds is 2. The molecule has 1 fully saturated rings. The Kier molecular flexibility index (Phi) is 2.66. The normalized spacial score (nSPS) is 22.2. The third-order valence-corrected chi connectivity index (χ3v) is 2.56. The molecule has 1 atom stereocenters. The zero-order valence-corrected chi connectivity index (χ0v) is 7.19. The predicted molar refractivity (Wildman–Crippen MR) is 41.7 cm³/mol. The molecular weight excluding hydrogens is 160 g/mol. The summed E-state index contributed by atoms with van der Waals surface area (Å²) in [5.74, 6) is -3.97. The van der Waals surface area contributed by atoms with Gasteiger partial charge < -0.3 is 0 Å². The highest BCUT2D eigenvalue weighted by Crippen LogP contribution is 2.38. The van der Waals surface area contributed by atoms with Crippen molar-refractivity contribution in [2.45, 2.75) is 38.5 Å². The first-order valence-electron chi connectivity index (χ1n) is 4.33. The van der Waals surface area contributed by atoms with Crippen molar-refractivity contribution in [1.82, 2.24) is 0 Å². The monoisotopic (exact) mass is 173 g/mol. The van der Waals surface area contributed by atoms with E-state index in [-0.39, 0.29) is 5.92 Å². The van der Waals surface area contributed by atoms with Crippen LogP contribution in [0.5, 0.6) is 0 Å². The lowest BCUT2D eigenvalue weighted by molar-refractivity contribution is -0.0380. The number of nitrogens with zero attached hydrogens (tertiary/aromatic N) is 1.